The highest BCUT2D eigenvalue weighted by Crippen LogP contribution is 2.01. The van der Waals surface area contributed by atoms with Crippen molar-refractivity contribution in [3.63, 3.8) is 0 Å². The van der Waals surface area contributed by atoms with Crippen LogP contribution in [-0.4, -0.2) is 11.7 Å². The largest absolute Gasteiger partial charge is 0.394 e. The van der Waals surface area contributed by atoms with Crippen LogP contribution in [0, 0.1) is 0 Å². The molecule has 0 unspecified atom stereocenters. The number of hydrogen-bond donors (Lipinski definition) is 2. The number of carbonyl (C=O) groups is 2. The van der Waals surface area contributed by atoms with Gasteiger partial charge in [-0.2, -0.15) is 4.57 Å². The molecular formula is C9H12N3O2+. The van der Waals surface area contributed by atoms with Crippen LogP contribution in [0.3, 0.4) is 0 Å². The molecule has 0 spiro atoms. The van der Waals surface area contributed by atoms with Crippen molar-refractivity contribution in [3.05, 3.63) is 24.0 Å². The molecule has 0 radical (unpaired) electrons. The molecule has 0 aromatic carbocycles. The summed E-state index contributed by atoms with van der Waals surface area (Å²) < 4.78 is 1.54. The first kappa shape index (κ1) is 10.2. The van der Waals surface area contributed by atoms with Gasteiger partial charge in [0.1, 0.15) is 5.56 Å². The average Bonchev–Trinajstić information content (AvgIpc) is 2.01. The highest BCUT2D eigenvalue weighted by Gasteiger charge is 2.11. The maximum atomic E-state index is 10.9. The summed E-state index contributed by atoms with van der Waals surface area (Å²) in [6, 6.07) is 1.47. The van der Waals surface area contributed by atoms with Crippen LogP contribution < -0.4 is 16.0 Å². The summed E-state index contributed by atoms with van der Waals surface area (Å²) in [6.45, 7) is 1.64. The average molecular weight is 194 g/mol. The Balaban J connectivity index is 3.07. The third-order valence-electron chi connectivity index (χ3n) is 1.63. The van der Waals surface area contributed by atoms with Crippen molar-refractivity contribution < 1.29 is 14.2 Å². The lowest BCUT2D eigenvalue weighted by Crippen LogP contribution is -2.38. The number of nitrogens with zero attached hydrogens (tertiary/aromatic N) is 1. The van der Waals surface area contributed by atoms with Crippen molar-refractivity contribution in [2.75, 3.05) is 5.73 Å². The molecule has 1 heterocycles. The Labute approximate surface area is 81.3 Å². The molecule has 0 aliphatic rings. The molecule has 74 valence electrons. The van der Waals surface area contributed by atoms with Crippen molar-refractivity contribution in [2.24, 2.45) is 5.73 Å². The number of anilines is 1. The van der Waals surface area contributed by atoms with Gasteiger partial charge >= 0.3 is 0 Å². The molecule has 5 nitrogen and oxygen atoms in total. The molecule has 0 saturated heterocycles. The van der Waals surface area contributed by atoms with Gasteiger partial charge in [0.05, 0.1) is 5.69 Å². The smallest absolute Gasteiger partial charge is 0.254 e. The molecule has 0 fully saturated rings. The summed E-state index contributed by atoms with van der Waals surface area (Å²) in [4.78, 5) is 21.7. The lowest BCUT2D eigenvalue weighted by Gasteiger charge is -1.98. The quantitative estimate of drug-likeness (QED) is 0.620. The monoisotopic (exact) mass is 194 g/mol. The zero-order valence-corrected chi connectivity index (χ0v) is 7.86. The highest BCUT2D eigenvalue weighted by molar-refractivity contribution is 5.92. The Bertz CT molecular complexity index is 388. The van der Waals surface area contributed by atoms with Crippen molar-refractivity contribution >= 4 is 17.4 Å². The molecule has 1 rings (SSSR count). The fourth-order valence-electron chi connectivity index (χ4n) is 1.14. The molecule has 1 amide bonds. The number of primary amides is 1. The number of amides is 1. The van der Waals surface area contributed by atoms with E-state index in [0.29, 0.717) is 11.3 Å². The Morgan fingerprint density at radius 1 is 1.43 bits per heavy atom. The second-order valence-electron chi connectivity index (χ2n) is 3.10. The first-order chi connectivity index (χ1) is 6.49. The van der Waals surface area contributed by atoms with Crippen molar-refractivity contribution in [2.45, 2.75) is 13.5 Å². The van der Waals surface area contributed by atoms with Gasteiger partial charge in [0, 0.05) is 6.92 Å². The van der Waals surface area contributed by atoms with Crippen molar-refractivity contribution in [3.8, 4) is 0 Å². The zero-order chi connectivity index (χ0) is 10.7. The summed E-state index contributed by atoms with van der Waals surface area (Å²) in [5.74, 6) is -0.578. The first-order valence-electron chi connectivity index (χ1n) is 4.08. The third kappa shape index (κ3) is 2.55. The number of carbonyl (C=O) groups excluding carboxylic acids is 2. The number of rotatable bonds is 3. The number of aromatic nitrogens is 1. The topological polar surface area (TPSA) is 90.1 Å². The maximum absolute atomic E-state index is 10.9. The minimum absolute atomic E-state index is 0.0176. The molecule has 4 N–H and O–H groups in total. The summed E-state index contributed by atoms with van der Waals surface area (Å²) in [5.41, 5.74) is 11.3. The van der Waals surface area contributed by atoms with Crippen molar-refractivity contribution in [1.82, 2.24) is 0 Å². The van der Waals surface area contributed by atoms with Crippen LogP contribution in [0.1, 0.15) is 17.3 Å². The van der Waals surface area contributed by atoms with Crippen LogP contribution in [0.2, 0.25) is 0 Å². The van der Waals surface area contributed by atoms with E-state index >= 15 is 0 Å². The number of Topliss-reactive ketones (excluding diaryl/α,β-unsaturated/α-hetero) is 1. The number of nitrogens with two attached hydrogens (primary N) is 2. The summed E-state index contributed by atoms with van der Waals surface area (Å²) >= 11 is 0. The molecule has 0 bridgehead atoms. The number of pyridine rings is 1. The molecule has 0 atom stereocenters. The summed E-state index contributed by atoms with van der Waals surface area (Å²) in [7, 11) is 0. The molecule has 0 aliphatic carbocycles. The van der Waals surface area contributed by atoms with E-state index in [1.165, 1.54) is 23.8 Å². The van der Waals surface area contributed by atoms with Crippen LogP contribution in [0.5, 0.6) is 0 Å². The number of ketones is 1. The number of nitrogen functional groups attached to an aromatic ring is 1. The predicted molar refractivity (Wildman–Crippen MR) is 50.2 cm³/mol. The van der Waals surface area contributed by atoms with Crippen LogP contribution >= 0.6 is 0 Å². The van der Waals surface area contributed by atoms with Gasteiger partial charge in [-0.3, -0.25) is 9.59 Å². The first-order valence-corrected chi connectivity index (χ1v) is 4.08. The van der Waals surface area contributed by atoms with Crippen LogP contribution in [0.15, 0.2) is 18.5 Å². The van der Waals surface area contributed by atoms with E-state index < -0.39 is 5.91 Å². The molecule has 0 aliphatic heterocycles. The molecule has 1 aromatic heterocycles. The van der Waals surface area contributed by atoms with E-state index in [1.54, 1.807) is 6.20 Å². The van der Waals surface area contributed by atoms with Crippen LogP contribution in [0.4, 0.5) is 5.69 Å². The van der Waals surface area contributed by atoms with Gasteiger partial charge in [-0.15, -0.1) is 0 Å². The maximum Gasteiger partial charge on any atom is 0.254 e. The Morgan fingerprint density at radius 2 is 2.07 bits per heavy atom. The number of hydrogen-bond acceptors (Lipinski definition) is 3. The minimum atomic E-state index is -0.561. The van der Waals surface area contributed by atoms with Gasteiger partial charge in [-0.25, -0.2) is 0 Å². The molecule has 5 heteroatoms. The van der Waals surface area contributed by atoms with E-state index in [1.807, 2.05) is 0 Å². The lowest BCUT2D eigenvalue weighted by atomic mass is 10.2. The predicted octanol–water partition coefficient (Wildman–Crippen LogP) is -0.756. The Morgan fingerprint density at radius 3 is 2.57 bits per heavy atom. The fraction of sp³-hybridized carbons (Fsp3) is 0.222. The van der Waals surface area contributed by atoms with E-state index in [-0.39, 0.29) is 12.3 Å². The molecule has 14 heavy (non-hydrogen) atoms. The van der Waals surface area contributed by atoms with Crippen LogP contribution in [0.25, 0.3) is 0 Å². The van der Waals surface area contributed by atoms with E-state index in [9.17, 15) is 9.59 Å². The minimum Gasteiger partial charge on any atom is -0.394 e. The SMILES string of the molecule is CC(=O)C[n+]1cc(N)cc(C(N)=O)c1. The summed E-state index contributed by atoms with van der Waals surface area (Å²) in [5, 5.41) is 0. The third-order valence-corrected chi connectivity index (χ3v) is 1.63. The van der Waals surface area contributed by atoms with Gasteiger partial charge in [-0.1, -0.05) is 0 Å². The zero-order valence-electron chi connectivity index (χ0n) is 7.86. The fourth-order valence-corrected chi connectivity index (χ4v) is 1.14. The Kier molecular flexibility index (Phi) is 2.81. The van der Waals surface area contributed by atoms with Gasteiger partial charge in [-0.05, 0) is 6.07 Å². The normalized spacial score (nSPS) is 9.79. The Hall–Kier alpha value is -1.91. The second kappa shape index (κ2) is 3.87. The van der Waals surface area contributed by atoms with Crippen LogP contribution in [-0.2, 0) is 11.3 Å². The lowest BCUT2D eigenvalue weighted by molar-refractivity contribution is -0.683. The van der Waals surface area contributed by atoms with E-state index in [4.69, 9.17) is 11.5 Å². The summed E-state index contributed by atoms with van der Waals surface area (Å²) in [6.07, 6.45) is 3.08. The highest BCUT2D eigenvalue weighted by atomic mass is 16.1. The van der Waals surface area contributed by atoms with Gasteiger partial charge in [0.25, 0.3) is 5.91 Å². The van der Waals surface area contributed by atoms with Gasteiger partial charge in [0.15, 0.2) is 18.2 Å². The second-order valence-corrected chi connectivity index (χ2v) is 3.10. The molecular weight excluding hydrogens is 182 g/mol. The van der Waals surface area contributed by atoms with E-state index in [2.05, 4.69) is 0 Å². The van der Waals surface area contributed by atoms with E-state index in [0.717, 1.165) is 0 Å². The molecule has 0 saturated carbocycles. The van der Waals surface area contributed by atoms with Gasteiger partial charge in [0.2, 0.25) is 6.54 Å². The molecule has 1 aromatic rings. The standard InChI is InChI=1S/C9H11N3O2/c1-6(13)3-12-4-7(9(11)14)2-8(10)5-12/h2,4-5H,3,10H2,1H3,(H-,11,14)/p+1. The van der Waals surface area contributed by atoms with Crippen molar-refractivity contribution in [1.29, 1.82) is 0 Å². The van der Waals surface area contributed by atoms with Gasteiger partial charge < -0.3 is 11.5 Å².